The molecule has 0 atom stereocenters. The number of carbonyl (C=O) groups excluding carboxylic acids is 1. The molecule has 0 saturated carbocycles. The molecule has 1 aromatic heterocycles. The van der Waals surface area contributed by atoms with Crippen LogP contribution in [0.15, 0.2) is 23.0 Å². The van der Waals surface area contributed by atoms with Crippen molar-refractivity contribution in [2.45, 2.75) is 0 Å². The summed E-state index contributed by atoms with van der Waals surface area (Å²) in [5.41, 5.74) is 0.0851. The molecule has 0 aliphatic carbocycles. The molecule has 5 heteroatoms. The third kappa shape index (κ3) is 1.40. The maximum atomic E-state index is 11.0. The number of H-pyrrole nitrogens is 1. The molecule has 14 heavy (non-hydrogen) atoms. The second-order valence-corrected chi connectivity index (χ2v) is 3.17. The molecule has 0 spiro atoms. The van der Waals surface area contributed by atoms with Crippen molar-refractivity contribution in [2.24, 2.45) is 0 Å². The Bertz CT molecular complexity index is 562. The van der Waals surface area contributed by atoms with Gasteiger partial charge in [-0.2, -0.15) is 4.98 Å². The Labute approximate surface area is 83.5 Å². The van der Waals surface area contributed by atoms with Crippen LogP contribution < -0.4 is 5.69 Å². The van der Waals surface area contributed by atoms with E-state index in [1.807, 2.05) is 0 Å². The van der Waals surface area contributed by atoms with Gasteiger partial charge in [-0.3, -0.25) is 4.79 Å². The summed E-state index contributed by atoms with van der Waals surface area (Å²) < 4.78 is 0. The van der Waals surface area contributed by atoms with E-state index in [2.05, 4.69) is 9.97 Å². The van der Waals surface area contributed by atoms with E-state index < -0.39 is 5.69 Å². The van der Waals surface area contributed by atoms with Crippen LogP contribution in [-0.2, 0) is 0 Å². The minimum absolute atomic E-state index is 0.219. The maximum absolute atomic E-state index is 11.0. The number of hydrogen-bond donors (Lipinski definition) is 1. The van der Waals surface area contributed by atoms with E-state index in [1.54, 1.807) is 18.2 Å². The molecule has 0 aliphatic rings. The second kappa shape index (κ2) is 3.23. The lowest BCUT2D eigenvalue weighted by atomic mass is 10.2. The highest BCUT2D eigenvalue weighted by molar-refractivity contribution is 6.31. The zero-order chi connectivity index (χ0) is 10.1. The summed E-state index contributed by atoms with van der Waals surface area (Å²) in [6.45, 7) is 0. The van der Waals surface area contributed by atoms with Crippen LogP contribution in [0.3, 0.4) is 0 Å². The van der Waals surface area contributed by atoms with Gasteiger partial charge in [0.2, 0.25) is 0 Å². The fraction of sp³-hybridized carbons (Fsp3) is 0. The standard InChI is InChI=1S/C9H5ClN2O2/c10-5-1-2-6-7(3-5)11-9(14)12-8(6)4-13/h1-4H,(H,11,12,14). The molecule has 4 nitrogen and oxygen atoms in total. The smallest absolute Gasteiger partial charge is 0.302 e. The molecule has 2 aromatic rings. The van der Waals surface area contributed by atoms with Gasteiger partial charge in [-0.05, 0) is 18.2 Å². The number of hydrogen-bond acceptors (Lipinski definition) is 3. The number of aromatic nitrogens is 2. The summed E-state index contributed by atoms with van der Waals surface area (Å²) in [4.78, 5) is 27.7. The lowest BCUT2D eigenvalue weighted by Gasteiger charge is -1.99. The maximum Gasteiger partial charge on any atom is 0.346 e. The Hall–Kier alpha value is -1.68. The predicted molar refractivity (Wildman–Crippen MR) is 52.8 cm³/mol. The van der Waals surface area contributed by atoms with E-state index in [1.165, 1.54) is 0 Å². The van der Waals surface area contributed by atoms with Gasteiger partial charge in [0.25, 0.3) is 0 Å². The number of nitrogens with zero attached hydrogens (tertiary/aromatic N) is 1. The van der Waals surface area contributed by atoms with Gasteiger partial charge in [-0.25, -0.2) is 4.79 Å². The van der Waals surface area contributed by atoms with Crippen molar-refractivity contribution in [3.05, 3.63) is 39.4 Å². The number of aromatic amines is 1. The first-order valence-corrected chi connectivity index (χ1v) is 4.23. The minimum atomic E-state index is -0.554. The van der Waals surface area contributed by atoms with E-state index in [4.69, 9.17) is 11.6 Å². The number of benzene rings is 1. The number of rotatable bonds is 1. The van der Waals surface area contributed by atoms with Gasteiger partial charge in [0.15, 0.2) is 6.29 Å². The van der Waals surface area contributed by atoms with E-state index in [0.29, 0.717) is 22.2 Å². The Morgan fingerprint density at radius 1 is 1.43 bits per heavy atom. The Morgan fingerprint density at radius 3 is 2.93 bits per heavy atom. The molecular weight excluding hydrogens is 204 g/mol. The largest absolute Gasteiger partial charge is 0.346 e. The first-order valence-electron chi connectivity index (χ1n) is 3.85. The van der Waals surface area contributed by atoms with Crippen molar-refractivity contribution in [3.8, 4) is 0 Å². The Morgan fingerprint density at radius 2 is 2.21 bits per heavy atom. The summed E-state index contributed by atoms with van der Waals surface area (Å²) in [5.74, 6) is 0. The molecule has 0 amide bonds. The van der Waals surface area contributed by atoms with E-state index in [9.17, 15) is 9.59 Å². The van der Waals surface area contributed by atoms with Gasteiger partial charge in [-0.1, -0.05) is 11.6 Å². The molecule has 0 radical (unpaired) electrons. The van der Waals surface area contributed by atoms with Crippen molar-refractivity contribution >= 4 is 28.8 Å². The molecule has 0 unspecified atom stereocenters. The first kappa shape index (κ1) is 8.90. The first-order chi connectivity index (χ1) is 6.70. The van der Waals surface area contributed by atoms with Crippen LogP contribution in [0, 0.1) is 0 Å². The summed E-state index contributed by atoms with van der Waals surface area (Å²) in [6.07, 6.45) is 0.583. The second-order valence-electron chi connectivity index (χ2n) is 2.73. The summed E-state index contributed by atoms with van der Waals surface area (Å²) in [5, 5.41) is 1.07. The van der Waals surface area contributed by atoms with Crippen LogP contribution in [-0.4, -0.2) is 16.3 Å². The van der Waals surface area contributed by atoms with Crippen LogP contribution in [0.2, 0.25) is 5.02 Å². The zero-order valence-corrected chi connectivity index (χ0v) is 7.71. The highest BCUT2D eigenvalue weighted by Crippen LogP contribution is 2.17. The van der Waals surface area contributed by atoms with Crippen molar-refractivity contribution in [3.63, 3.8) is 0 Å². The van der Waals surface area contributed by atoms with Gasteiger partial charge < -0.3 is 4.98 Å². The average molecular weight is 209 g/mol. The lowest BCUT2D eigenvalue weighted by Crippen LogP contribution is -2.12. The normalized spacial score (nSPS) is 10.4. The molecule has 0 saturated heterocycles. The van der Waals surface area contributed by atoms with Crippen LogP contribution in [0.25, 0.3) is 10.9 Å². The molecular formula is C9H5ClN2O2. The van der Waals surface area contributed by atoms with Crippen LogP contribution in [0.5, 0.6) is 0 Å². The molecule has 0 fully saturated rings. The van der Waals surface area contributed by atoms with Crippen LogP contribution in [0.1, 0.15) is 10.5 Å². The Balaban J connectivity index is 2.94. The molecule has 0 bridgehead atoms. The van der Waals surface area contributed by atoms with Gasteiger partial charge in [0, 0.05) is 10.4 Å². The minimum Gasteiger partial charge on any atom is -0.302 e. The average Bonchev–Trinajstić information content (AvgIpc) is 2.15. The molecule has 70 valence electrons. The monoisotopic (exact) mass is 208 g/mol. The van der Waals surface area contributed by atoms with Crippen LogP contribution >= 0.6 is 11.6 Å². The van der Waals surface area contributed by atoms with Gasteiger partial charge >= 0.3 is 5.69 Å². The molecule has 1 aromatic carbocycles. The molecule has 1 heterocycles. The fourth-order valence-corrected chi connectivity index (χ4v) is 1.40. The van der Waals surface area contributed by atoms with E-state index in [-0.39, 0.29) is 5.69 Å². The van der Waals surface area contributed by atoms with Crippen molar-refractivity contribution in [1.29, 1.82) is 0 Å². The number of nitrogens with one attached hydrogen (secondary N) is 1. The molecule has 2 rings (SSSR count). The fourth-order valence-electron chi connectivity index (χ4n) is 1.24. The van der Waals surface area contributed by atoms with Gasteiger partial charge in [0.1, 0.15) is 0 Å². The van der Waals surface area contributed by atoms with E-state index in [0.717, 1.165) is 0 Å². The van der Waals surface area contributed by atoms with Crippen molar-refractivity contribution in [1.82, 2.24) is 9.97 Å². The third-order valence-corrected chi connectivity index (χ3v) is 2.07. The van der Waals surface area contributed by atoms with Crippen molar-refractivity contribution in [2.75, 3.05) is 0 Å². The van der Waals surface area contributed by atoms with Gasteiger partial charge in [0.05, 0.1) is 11.2 Å². The number of fused-ring (bicyclic) bond motifs is 1. The number of halogens is 1. The lowest BCUT2D eigenvalue weighted by molar-refractivity contribution is 0.112. The predicted octanol–water partition coefficient (Wildman–Crippen LogP) is 1.39. The number of carbonyl (C=O) groups is 1. The van der Waals surface area contributed by atoms with Gasteiger partial charge in [-0.15, -0.1) is 0 Å². The Kier molecular flexibility index (Phi) is 2.05. The highest BCUT2D eigenvalue weighted by atomic mass is 35.5. The summed E-state index contributed by atoms with van der Waals surface area (Å²) >= 11 is 5.73. The van der Waals surface area contributed by atoms with Crippen molar-refractivity contribution < 1.29 is 4.79 Å². The quantitative estimate of drug-likeness (QED) is 0.721. The van der Waals surface area contributed by atoms with Crippen LogP contribution in [0.4, 0.5) is 0 Å². The molecule has 1 N–H and O–H groups in total. The van der Waals surface area contributed by atoms with E-state index >= 15 is 0 Å². The summed E-state index contributed by atoms with van der Waals surface area (Å²) in [6, 6.07) is 4.82. The topological polar surface area (TPSA) is 62.8 Å². The number of aldehydes is 1. The SMILES string of the molecule is O=Cc1[nH]c(=O)nc2cc(Cl)ccc12. The third-order valence-electron chi connectivity index (χ3n) is 1.83. The summed E-state index contributed by atoms with van der Waals surface area (Å²) in [7, 11) is 0. The highest BCUT2D eigenvalue weighted by Gasteiger charge is 2.03. The zero-order valence-electron chi connectivity index (χ0n) is 6.95. The molecule has 0 aliphatic heterocycles.